The van der Waals surface area contributed by atoms with Crippen molar-refractivity contribution in [3.63, 3.8) is 0 Å². The Bertz CT molecular complexity index is 652. The minimum Gasteiger partial charge on any atom is -0.479 e. The number of anilines is 1. The van der Waals surface area contributed by atoms with Gasteiger partial charge in [0.25, 0.3) is 0 Å². The lowest BCUT2D eigenvalue weighted by Crippen LogP contribution is -2.07. The van der Waals surface area contributed by atoms with Crippen LogP contribution in [0, 0.1) is 0 Å². The number of nitrogens with two attached hydrogens (primary N) is 1. The van der Waals surface area contributed by atoms with Gasteiger partial charge >= 0.3 is 0 Å². The molecule has 0 aromatic carbocycles. The summed E-state index contributed by atoms with van der Waals surface area (Å²) in [5.74, 6) is 0.394. The van der Waals surface area contributed by atoms with Crippen molar-refractivity contribution in [3.05, 3.63) is 6.33 Å². The molecule has 20 heavy (non-hydrogen) atoms. The Morgan fingerprint density at radius 2 is 2.25 bits per heavy atom. The van der Waals surface area contributed by atoms with E-state index in [9.17, 15) is 4.57 Å². The molecule has 9 nitrogen and oxygen atoms in total. The summed E-state index contributed by atoms with van der Waals surface area (Å²) < 4.78 is 23.0. The maximum absolute atomic E-state index is 11.1. The quantitative estimate of drug-likeness (QED) is 0.576. The highest BCUT2D eigenvalue weighted by molar-refractivity contribution is 7.56. The Morgan fingerprint density at radius 3 is 2.90 bits per heavy atom. The van der Waals surface area contributed by atoms with Crippen molar-refractivity contribution in [1.82, 2.24) is 19.5 Å². The highest BCUT2D eigenvalue weighted by Gasteiger charge is 2.13. The van der Waals surface area contributed by atoms with Crippen molar-refractivity contribution in [2.24, 2.45) is 0 Å². The van der Waals surface area contributed by atoms with Crippen LogP contribution in [0.5, 0.6) is 5.88 Å². The van der Waals surface area contributed by atoms with Gasteiger partial charge in [-0.3, -0.25) is 4.57 Å². The minimum atomic E-state index is -3.15. The molecular weight excluding hydrogens is 285 g/mol. The van der Waals surface area contributed by atoms with E-state index in [-0.39, 0.29) is 18.9 Å². The third-order valence-corrected chi connectivity index (χ3v) is 3.11. The van der Waals surface area contributed by atoms with Crippen molar-refractivity contribution < 1.29 is 18.9 Å². The van der Waals surface area contributed by atoms with Crippen LogP contribution < -0.4 is 10.5 Å². The number of methoxy groups -OCH3 is 1. The first-order chi connectivity index (χ1) is 9.40. The Balaban J connectivity index is 2.11. The van der Waals surface area contributed by atoms with E-state index in [2.05, 4.69) is 15.0 Å². The first-order valence-corrected chi connectivity index (χ1v) is 8.09. The van der Waals surface area contributed by atoms with Crippen LogP contribution in [-0.2, 0) is 15.8 Å². The maximum Gasteiger partial charge on any atom is 0.246 e. The first-order valence-electron chi connectivity index (χ1n) is 5.80. The van der Waals surface area contributed by atoms with Crippen molar-refractivity contribution in [2.75, 3.05) is 32.5 Å². The molecule has 0 aliphatic rings. The van der Waals surface area contributed by atoms with Gasteiger partial charge in [0.2, 0.25) is 19.2 Å². The second-order valence-electron chi connectivity index (χ2n) is 4.29. The fourth-order valence-corrected chi connectivity index (χ4v) is 2.11. The molecule has 0 aliphatic heterocycles. The second-order valence-corrected chi connectivity index (χ2v) is 6.65. The summed E-state index contributed by atoms with van der Waals surface area (Å²) in [4.78, 5) is 21.3. The van der Waals surface area contributed by atoms with Gasteiger partial charge in [-0.1, -0.05) is 0 Å². The van der Waals surface area contributed by atoms with Crippen LogP contribution >= 0.6 is 7.37 Å². The highest BCUT2D eigenvalue weighted by atomic mass is 31.2. The van der Waals surface area contributed by atoms with Crippen molar-refractivity contribution in [2.45, 2.75) is 6.54 Å². The summed E-state index contributed by atoms with van der Waals surface area (Å²) in [6.07, 6.45) is 1.38. The van der Waals surface area contributed by atoms with E-state index < -0.39 is 7.37 Å². The van der Waals surface area contributed by atoms with E-state index in [1.165, 1.54) is 13.8 Å². The molecule has 10 heteroatoms. The van der Waals surface area contributed by atoms with Gasteiger partial charge in [0.1, 0.15) is 6.35 Å². The van der Waals surface area contributed by atoms with Crippen LogP contribution in [0.1, 0.15) is 0 Å². The van der Waals surface area contributed by atoms with Crippen LogP contribution in [0.25, 0.3) is 11.2 Å². The zero-order valence-electron chi connectivity index (χ0n) is 11.2. The number of ether oxygens (including phenoxy) is 2. The summed E-state index contributed by atoms with van der Waals surface area (Å²) in [6.45, 7) is 1.94. The van der Waals surface area contributed by atoms with Gasteiger partial charge in [0.15, 0.2) is 11.2 Å². The number of aromatic nitrogens is 4. The Hall–Kier alpha value is -1.70. The summed E-state index contributed by atoms with van der Waals surface area (Å²) in [5, 5.41) is 0. The van der Waals surface area contributed by atoms with Crippen LogP contribution in [0.4, 0.5) is 5.95 Å². The van der Waals surface area contributed by atoms with Crippen LogP contribution in [0.3, 0.4) is 0 Å². The topological polar surface area (TPSA) is 125 Å². The lowest BCUT2D eigenvalue weighted by atomic mass is 10.5. The predicted octanol–water partition coefficient (Wildman–Crippen LogP) is 0.291. The van der Waals surface area contributed by atoms with Gasteiger partial charge < -0.3 is 24.7 Å². The number of hydrogen-bond acceptors (Lipinski definition) is 7. The molecule has 0 saturated heterocycles. The summed E-state index contributed by atoms with van der Waals surface area (Å²) in [5.41, 5.74) is 6.63. The number of imidazole rings is 1. The molecule has 0 spiro atoms. The molecule has 0 amide bonds. The third-order valence-electron chi connectivity index (χ3n) is 2.45. The fourth-order valence-electron chi connectivity index (χ4n) is 1.64. The molecule has 2 aromatic heterocycles. The van der Waals surface area contributed by atoms with Crippen LogP contribution in [0.15, 0.2) is 6.33 Å². The summed E-state index contributed by atoms with van der Waals surface area (Å²) >= 11 is 0. The lowest BCUT2D eigenvalue weighted by molar-refractivity contribution is 0.160. The molecule has 0 fully saturated rings. The molecule has 110 valence electrons. The molecule has 1 atom stereocenters. The monoisotopic (exact) mass is 301 g/mol. The molecule has 2 aromatic rings. The fraction of sp³-hybridized carbons (Fsp3) is 0.500. The predicted molar refractivity (Wildman–Crippen MR) is 72.9 cm³/mol. The van der Waals surface area contributed by atoms with Gasteiger partial charge in [-0.2, -0.15) is 9.97 Å². The van der Waals surface area contributed by atoms with Gasteiger partial charge in [0.05, 0.1) is 20.0 Å². The molecule has 0 aliphatic carbocycles. The Kier molecular flexibility index (Phi) is 4.22. The van der Waals surface area contributed by atoms with Crippen molar-refractivity contribution >= 4 is 24.5 Å². The van der Waals surface area contributed by atoms with Crippen LogP contribution in [-0.4, -0.2) is 51.1 Å². The van der Waals surface area contributed by atoms with E-state index in [0.717, 1.165) is 0 Å². The van der Waals surface area contributed by atoms with Gasteiger partial charge in [-0.15, -0.1) is 0 Å². The van der Waals surface area contributed by atoms with Crippen molar-refractivity contribution in [3.8, 4) is 5.88 Å². The molecule has 0 saturated carbocycles. The SMILES string of the molecule is COc1nc(N)nc2c1ncn2CCOCP(C)(=O)O. The highest BCUT2D eigenvalue weighted by Crippen LogP contribution is 2.34. The Morgan fingerprint density at radius 1 is 1.50 bits per heavy atom. The summed E-state index contributed by atoms with van der Waals surface area (Å²) in [6, 6.07) is 0. The normalized spacial score (nSPS) is 14.3. The number of nitrogen functional groups attached to an aromatic ring is 1. The average molecular weight is 301 g/mol. The zero-order chi connectivity index (χ0) is 14.8. The number of hydrogen-bond donors (Lipinski definition) is 2. The molecule has 3 N–H and O–H groups in total. The van der Waals surface area contributed by atoms with Gasteiger partial charge in [0, 0.05) is 13.2 Å². The molecular formula is C10H16N5O4P. The van der Waals surface area contributed by atoms with E-state index in [1.807, 2.05) is 0 Å². The average Bonchev–Trinajstić information content (AvgIpc) is 2.75. The Labute approximate surface area is 115 Å². The minimum absolute atomic E-state index is 0.0884. The van der Waals surface area contributed by atoms with E-state index >= 15 is 0 Å². The van der Waals surface area contributed by atoms with Crippen molar-refractivity contribution in [1.29, 1.82) is 0 Å². The lowest BCUT2D eigenvalue weighted by Gasteiger charge is -2.08. The molecule has 1 unspecified atom stereocenters. The number of nitrogens with zero attached hydrogens (tertiary/aromatic N) is 4. The molecule has 0 radical (unpaired) electrons. The van der Waals surface area contributed by atoms with Gasteiger partial charge in [-0.25, -0.2) is 4.98 Å². The zero-order valence-corrected chi connectivity index (χ0v) is 12.1. The standard InChI is InChI=1S/C10H16N5O4P/c1-18-9-7-8(13-10(11)14-9)15(5-12-7)3-4-19-6-20(2,16)17/h5H,3-4,6H2,1-2H3,(H,16,17)(H2,11,13,14). The first kappa shape index (κ1) is 14.7. The van der Waals surface area contributed by atoms with E-state index in [0.29, 0.717) is 23.6 Å². The van der Waals surface area contributed by atoms with E-state index in [4.69, 9.17) is 20.1 Å². The number of rotatable bonds is 6. The summed E-state index contributed by atoms with van der Waals surface area (Å²) in [7, 11) is -1.68. The third kappa shape index (κ3) is 3.44. The smallest absolute Gasteiger partial charge is 0.246 e. The second kappa shape index (κ2) is 5.74. The molecule has 2 rings (SSSR count). The largest absolute Gasteiger partial charge is 0.479 e. The maximum atomic E-state index is 11.1. The molecule has 0 bridgehead atoms. The molecule has 2 heterocycles. The number of fused-ring (bicyclic) bond motifs is 1. The van der Waals surface area contributed by atoms with Gasteiger partial charge in [-0.05, 0) is 0 Å². The van der Waals surface area contributed by atoms with Crippen LogP contribution in [0.2, 0.25) is 0 Å². The van der Waals surface area contributed by atoms with E-state index in [1.54, 1.807) is 10.9 Å².